The minimum absolute atomic E-state index is 0.0576. The van der Waals surface area contributed by atoms with Crippen LogP contribution >= 0.6 is 0 Å². The van der Waals surface area contributed by atoms with Gasteiger partial charge in [0.15, 0.2) is 0 Å². The first-order valence-corrected chi connectivity index (χ1v) is 12.9. The van der Waals surface area contributed by atoms with Crippen molar-refractivity contribution in [2.75, 3.05) is 0 Å². The minimum atomic E-state index is -0.615. The third-order valence-electron chi connectivity index (χ3n) is 7.62. The second-order valence-corrected chi connectivity index (χ2v) is 10.0. The van der Waals surface area contributed by atoms with E-state index in [1.165, 1.54) is 24.1 Å². The van der Waals surface area contributed by atoms with Crippen LogP contribution < -0.4 is 0 Å². The molecule has 1 aliphatic carbocycles. The maximum atomic E-state index is 15.1. The fourth-order valence-electron chi connectivity index (χ4n) is 5.56. The molecule has 0 saturated heterocycles. The molecule has 0 unspecified atom stereocenters. The molecule has 0 aliphatic heterocycles. The predicted molar refractivity (Wildman–Crippen MR) is 139 cm³/mol. The van der Waals surface area contributed by atoms with Crippen molar-refractivity contribution in [2.24, 2.45) is 5.92 Å². The van der Waals surface area contributed by atoms with Crippen LogP contribution in [0.15, 0.2) is 72.8 Å². The highest BCUT2D eigenvalue weighted by molar-refractivity contribution is 5.65. The van der Waals surface area contributed by atoms with Gasteiger partial charge in [-0.2, -0.15) is 0 Å². The summed E-state index contributed by atoms with van der Waals surface area (Å²) in [4.78, 5) is 0. The number of halogens is 3. The Bertz CT molecular complexity index is 1120. The Morgan fingerprint density at radius 2 is 1.54 bits per heavy atom. The van der Waals surface area contributed by atoms with Crippen molar-refractivity contribution in [2.45, 2.75) is 70.6 Å². The van der Waals surface area contributed by atoms with E-state index in [-0.39, 0.29) is 23.1 Å². The Hall–Kier alpha value is -2.81. The van der Waals surface area contributed by atoms with Gasteiger partial charge < -0.3 is 0 Å². The molecule has 0 radical (unpaired) electrons. The first-order chi connectivity index (χ1) is 17.0. The van der Waals surface area contributed by atoms with Crippen LogP contribution in [-0.4, -0.2) is 0 Å². The van der Waals surface area contributed by atoms with E-state index in [2.05, 4.69) is 37.3 Å². The smallest absolute Gasteiger partial charge is 0.131 e. The molecule has 184 valence electrons. The molecule has 4 rings (SSSR count). The zero-order valence-corrected chi connectivity index (χ0v) is 20.7. The summed E-state index contributed by atoms with van der Waals surface area (Å²) in [6, 6.07) is 18.4. The summed E-state index contributed by atoms with van der Waals surface area (Å²) in [5.41, 5.74) is 2.94. The van der Waals surface area contributed by atoms with Gasteiger partial charge in [0, 0.05) is 11.1 Å². The van der Waals surface area contributed by atoms with Crippen LogP contribution in [-0.2, 0) is 6.42 Å². The van der Waals surface area contributed by atoms with Crippen LogP contribution in [0.5, 0.6) is 0 Å². The van der Waals surface area contributed by atoms with Gasteiger partial charge >= 0.3 is 0 Å². The van der Waals surface area contributed by atoms with Gasteiger partial charge in [0.2, 0.25) is 0 Å². The zero-order valence-electron chi connectivity index (χ0n) is 20.7. The molecule has 1 saturated carbocycles. The highest BCUT2D eigenvalue weighted by Gasteiger charge is 2.25. The number of benzene rings is 3. The molecule has 0 aromatic heterocycles. The Balaban J connectivity index is 1.40. The van der Waals surface area contributed by atoms with E-state index in [0.717, 1.165) is 31.2 Å². The fraction of sp³-hybridized carbons (Fsp3) is 0.375. The lowest BCUT2D eigenvalue weighted by molar-refractivity contribution is 0.297. The molecule has 3 aromatic rings. The average molecular weight is 477 g/mol. The van der Waals surface area contributed by atoms with E-state index >= 15 is 4.39 Å². The van der Waals surface area contributed by atoms with Gasteiger partial charge in [-0.15, -0.1) is 0 Å². The normalized spacial score (nSPS) is 19.2. The summed E-state index contributed by atoms with van der Waals surface area (Å²) in [5, 5.41) is 0. The Kier molecular flexibility index (Phi) is 8.49. The quantitative estimate of drug-likeness (QED) is 0.284. The molecule has 1 aliphatic rings. The lowest BCUT2D eigenvalue weighted by Gasteiger charge is -2.30. The van der Waals surface area contributed by atoms with Gasteiger partial charge in [-0.05, 0) is 105 Å². The molecular weight excluding hydrogens is 441 g/mol. The van der Waals surface area contributed by atoms with Gasteiger partial charge in [-0.1, -0.05) is 61.5 Å². The maximum Gasteiger partial charge on any atom is 0.131 e. The first-order valence-electron chi connectivity index (χ1n) is 12.9. The molecule has 0 amide bonds. The summed E-state index contributed by atoms with van der Waals surface area (Å²) >= 11 is 0. The largest absolute Gasteiger partial charge is 0.207 e. The molecule has 1 atom stereocenters. The van der Waals surface area contributed by atoms with E-state index in [1.807, 2.05) is 25.1 Å². The molecule has 35 heavy (non-hydrogen) atoms. The monoisotopic (exact) mass is 476 g/mol. The van der Waals surface area contributed by atoms with Crippen molar-refractivity contribution in [3.05, 3.63) is 107 Å². The molecule has 3 heteroatoms. The Morgan fingerprint density at radius 1 is 0.857 bits per heavy atom. The third kappa shape index (κ3) is 6.25. The first kappa shape index (κ1) is 25.3. The standard InChI is InChI=1S/C32H35F3/c1-3-4-6-11-29-31(34)20-27(21-32(29)35)28-17-16-26(19-30(28)33)25-14-12-23(13-15-25)18-22(2)24-9-7-5-8-10-24/h3-5,7-10,16-17,19-23,25H,6,11-15,18H2,1-2H3/b4-3+/t22-,23?,25?/m0/s1. The molecule has 0 nitrogen and oxygen atoms in total. The van der Waals surface area contributed by atoms with Crippen molar-refractivity contribution < 1.29 is 13.2 Å². The summed E-state index contributed by atoms with van der Waals surface area (Å²) in [6.07, 6.45) is 10.2. The van der Waals surface area contributed by atoms with Gasteiger partial charge in [0.1, 0.15) is 17.5 Å². The van der Waals surface area contributed by atoms with Crippen LogP contribution in [0.1, 0.15) is 80.9 Å². The van der Waals surface area contributed by atoms with Crippen molar-refractivity contribution in [3.63, 3.8) is 0 Å². The summed E-state index contributed by atoms with van der Waals surface area (Å²) < 4.78 is 44.2. The van der Waals surface area contributed by atoms with Gasteiger partial charge in [0.25, 0.3) is 0 Å². The minimum Gasteiger partial charge on any atom is -0.207 e. The van der Waals surface area contributed by atoms with Crippen molar-refractivity contribution >= 4 is 0 Å². The van der Waals surface area contributed by atoms with Crippen LogP contribution in [0.3, 0.4) is 0 Å². The Morgan fingerprint density at radius 3 is 2.17 bits per heavy atom. The maximum absolute atomic E-state index is 15.1. The molecular formula is C32H35F3. The second-order valence-electron chi connectivity index (χ2n) is 10.0. The highest BCUT2D eigenvalue weighted by Crippen LogP contribution is 2.40. The number of hydrogen-bond acceptors (Lipinski definition) is 0. The fourth-order valence-corrected chi connectivity index (χ4v) is 5.56. The van der Waals surface area contributed by atoms with Crippen LogP contribution in [0, 0.1) is 23.4 Å². The van der Waals surface area contributed by atoms with Gasteiger partial charge in [-0.3, -0.25) is 0 Å². The summed E-state index contributed by atoms with van der Waals surface area (Å²) in [7, 11) is 0. The van der Waals surface area contributed by atoms with E-state index in [1.54, 1.807) is 12.1 Å². The summed E-state index contributed by atoms with van der Waals surface area (Å²) in [6.45, 7) is 4.18. The number of hydrogen-bond donors (Lipinski definition) is 0. The molecule has 1 fully saturated rings. The lowest BCUT2D eigenvalue weighted by atomic mass is 9.75. The second kappa shape index (κ2) is 11.7. The molecule has 0 N–H and O–H groups in total. The van der Waals surface area contributed by atoms with Crippen LogP contribution in [0.2, 0.25) is 0 Å². The highest BCUT2D eigenvalue weighted by atomic mass is 19.1. The zero-order chi connectivity index (χ0) is 24.8. The Labute approximate surface area is 207 Å². The van der Waals surface area contributed by atoms with Crippen LogP contribution in [0.25, 0.3) is 11.1 Å². The third-order valence-corrected chi connectivity index (χ3v) is 7.62. The number of rotatable bonds is 8. The SMILES string of the molecule is C/C=C/CCc1c(F)cc(-c2ccc(C3CCC(C[C@H](C)c4ccccc4)CC3)cc2F)cc1F. The van der Waals surface area contributed by atoms with Gasteiger partial charge in [-0.25, -0.2) is 13.2 Å². The van der Waals surface area contributed by atoms with E-state index in [4.69, 9.17) is 0 Å². The molecule has 0 bridgehead atoms. The molecule has 0 heterocycles. The van der Waals surface area contributed by atoms with Gasteiger partial charge in [0.05, 0.1) is 0 Å². The predicted octanol–water partition coefficient (Wildman–Crippen LogP) is 9.75. The van der Waals surface area contributed by atoms with E-state index < -0.39 is 17.5 Å². The summed E-state index contributed by atoms with van der Waals surface area (Å²) in [5.74, 6) is -0.0632. The molecule has 0 spiro atoms. The molecule has 3 aromatic carbocycles. The lowest BCUT2D eigenvalue weighted by Crippen LogP contribution is -2.15. The van der Waals surface area contributed by atoms with Crippen molar-refractivity contribution in [1.82, 2.24) is 0 Å². The van der Waals surface area contributed by atoms with Crippen LogP contribution in [0.4, 0.5) is 13.2 Å². The van der Waals surface area contributed by atoms with Crippen molar-refractivity contribution in [3.8, 4) is 11.1 Å². The topological polar surface area (TPSA) is 0 Å². The van der Waals surface area contributed by atoms with E-state index in [9.17, 15) is 8.78 Å². The van der Waals surface area contributed by atoms with E-state index in [0.29, 0.717) is 24.2 Å². The average Bonchev–Trinajstić information content (AvgIpc) is 2.86. The number of allylic oxidation sites excluding steroid dienone is 2. The van der Waals surface area contributed by atoms with Crippen molar-refractivity contribution in [1.29, 1.82) is 0 Å².